The molecule has 0 aliphatic heterocycles. The van der Waals surface area contributed by atoms with Crippen LogP contribution in [0.3, 0.4) is 0 Å². The zero-order valence-electron chi connectivity index (χ0n) is 17.0. The smallest absolute Gasteiger partial charge is 0.184 e. The number of hydrogen-bond donors (Lipinski definition) is 1. The van der Waals surface area contributed by atoms with Crippen molar-refractivity contribution < 1.29 is 14.3 Å². The van der Waals surface area contributed by atoms with Gasteiger partial charge >= 0.3 is 0 Å². The molecule has 0 spiro atoms. The van der Waals surface area contributed by atoms with Gasteiger partial charge in [-0.15, -0.1) is 0 Å². The van der Waals surface area contributed by atoms with Gasteiger partial charge in [0.15, 0.2) is 5.78 Å². The molecule has 0 saturated heterocycles. The van der Waals surface area contributed by atoms with Crippen LogP contribution in [-0.2, 0) is 18.0 Å². The Balaban J connectivity index is 1.57. The van der Waals surface area contributed by atoms with Gasteiger partial charge in [0, 0.05) is 34.9 Å². The highest BCUT2D eigenvalue weighted by molar-refractivity contribution is 6.12. The summed E-state index contributed by atoms with van der Waals surface area (Å²) >= 11 is 0. The third-order valence-corrected chi connectivity index (χ3v) is 5.96. The molecular formula is C25H24N2O3. The third kappa shape index (κ3) is 3.35. The summed E-state index contributed by atoms with van der Waals surface area (Å²) < 4.78 is 11.5. The Morgan fingerprint density at radius 1 is 1.10 bits per heavy atom. The van der Waals surface area contributed by atoms with Crippen LogP contribution in [-0.4, -0.2) is 22.9 Å². The molecule has 5 rings (SSSR count). The molecule has 0 amide bonds. The molecular weight excluding hydrogens is 376 g/mol. The Hall–Kier alpha value is -3.18. The summed E-state index contributed by atoms with van der Waals surface area (Å²) in [5, 5.41) is 2.02. The van der Waals surface area contributed by atoms with Gasteiger partial charge in [0.1, 0.15) is 18.1 Å². The Morgan fingerprint density at radius 2 is 1.93 bits per heavy atom. The van der Waals surface area contributed by atoms with Crippen LogP contribution in [0.15, 0.2) is 54.7 Å². The number of carbonyl (C=O) groups excluding carboxylic acids is 1. The average Bonchev–Trinajstić information content (AvgIpc) is 3.10. The van der Waals surface area contributed by atoms with Crippen molar-refractivity contribution in [2.75, 3.05) is 7.11 Å². The molecule has 1 fully saturated rings. The van der Waals surface area contributed by atoms with Gasteiger partial charge in [-0.25, -0.2) is 0 Å². The van der Waals surface area contributed by atoms with Gasteiger partial charge < -0.3 is 14.5 Å². The molecule has 0 atom stereocenters. The monoisotopic (exact) mass is 400 g/mol. The Labute approximate surface area is 175 Å². The molecule has 1 N–H and O–H groups in total. The van der Waals surface area contributed by atoms with Crippen LogP contribution in [0.2, 0.25) is 0 Å². The van der Waals surface area contributed by atoms with E-state index in [9.17, 15) is 4.79 Å². The molecule has 2 aromatic heterocycles. The number of aromatic amines is 1. The number of Topliss-reactive ketones (excluding diaryl/α,β-unsaturated/α-hetero) is 1. The highest BCUT2D eigenvalue weighted by atomic mass is 16.5. The van der Waals surface area contributed by atoms with E-state index in [-0.39, 0.29) is 11.7 Å². The molecule has 152 valence electrons. The van der Waals surface area contributed by atoms with Crippen molar-refractivity contribution >= 4 is 27.6 Å². The van der Waals surface area contributed by atoms with E-state index in [1.54, 1.807) is 13.3 Å². The fraction of sp³-hybridized carbons (Fsp3) is 0.280. The fourth-order valence-corrected chi connectivity index (χ4v) is 4.13. The molecule has 0 bridgehead atoms. The predicted molar refractivity (Wildman–Crippen MR) is 117 cm³/mol. The van der Waals surface area contributed by atoms with Crippen LogP contribution >= 0.6 is 0 Å². The molecule has 5 heteroatoms. The second kappa shape index (κ2) is 7.92. The molecule has 2 aromatic carbocycles. The van der Waals surface area contributed by atoms with E-state index in [2.05, 4.69) is 9.97 Å². The van der Waals surface area contributed by atoms with Crippen molar-refractivity contribution in [2.24, 2.45) is 5.92 Å². The lowest BCUT2D eigenvalue weighted by molar-refractivity contribution is 0.0845. The lowest BCUT2D eigenvalue weighted by atomic mass is 9.80. The normalized spacial score (nSPS) is 14.2. The summed E-state index contributed by atoms with van der Waals surface area (Å²) in [5.41, 5.74) is 4.42. The predicted octanol–water partition coefficient (Wildman–Crippen LogP) is 5.42. The van der Waals surface area contributed by atoms with E-state index in [4.69, 9.17) is 9.47 Å². The summed E-state index contributed by atoms with van der Waals surface area (Å²) in [6, 6.07) is 16.1. The number of methoxy groups -OCH3 is 1. The highest BCUT2D eigenvalue weighted by Gasteiger charge is 2.30. The number of nitrogens with one attached hydrogen (secondary N) is 1. The second-order valence-electron chi connectivity index (χ2n) is 7.91. The molecule has 1 aliphatic carbocycles. The Bertz CT molecular complexity index is 1210. The number of ketones is 1. The first-order valence-electron chi connectivity index (χ1n) is 10.4. The SMILES string of the molecule is COCc1c(C(=O)C2CCC2)ncc2[nH]c3ccc(OCc4ccccc4)cc3c12. The van der Waals surface area contributed by atoms with Gasteiger partial charge in [-0.2, -0.15) is 0 Å². The van der Waals surface area contributed by atoms with Crippen LogP contribution < -0.4 is 4.74 Å². The molecule has 30 heavy (non-hydrogen) atoms. The number of rotatable bonds is 7. The topological polar surface area (TPSA) is 64.2 Å². The average molecular weight is 400 g/mol. The first-order valence-corrected chi connectivity index (χ1v) is 10.4. The summed E-state index contributed by atoms with van der Waals surface area (Å²) in [5.74, 6) is 1.03. The van der Waals surface area contributed by atoms with Gasteiger partial charge in [0.05, 0.1) is 18.3 Å². The molecule has 2 heterocycles. The van der Waals surface area contributed by atoms with Gasteiger partial charge in [0.25, 0.3) is 0 Å². The summed E-state index contributed by atoms with van der Waals surface area (Å²) in [6.45, 7) is 0.854. The fourth-order valence-electron chi connectivity index (χ4n) is 4.13. The largest absolute Gasteiger partial charge is 0.489 e. The molecule has 5 nitrogen and oxygen atoms in total. The number of nitrogens with zero attached hydrogens (tertiary/aromatic N) is 1. The maximum atomic E-state index is 13.0. The number of ether oxygens (including phenoxy) is 2. The summed E-state index contributed by atoms with van der Waals surface area (Å²) in [6.07, 6.45) is 4.80. The quantitative estimate of drug-likeness (QED) is 0.421. The first-order chi connectivity index (χ1) is 14.7. The van der Waals surface area contributed by atoms with E-state index in [0.29, 0.717) is 18.9 Å². The van der Waals surface area contributed by atoms with Crippen molar-refractivity contribution in [1.82, 2.24) is 9.97 Å². The number of H-pyrrole nitrogens is 1. The summed E-state index contributed by atoms with van der Waals surface area (Å²) in [7, 11) is 1.65. The van der Waals surface area contributed by atoms with Gasteiger partial charge in [0.2, 0.25) is 0 Å². The number of hydrogen-bond acceptors (Lipinski definition) is 4. The van der Waals surface area contributed by atoms with Crippen molar-refractivity contribution in [1.29, 1.82) is 0 Å². The van der Waals surface area contributed by atoms with Crippen molar-refractivity contribution in [3.8, 4) is 5.75 Å². The minimum absolute atomic E-state index is 0.0977. The number of fused-ring (bicyclic) bond motifs is 3. The van der Waals surface area contributed by atoms with Gasteiger partial charge in [-0.05, 0) is 36.6 Å². The van der Waals surface area contributed by atoms with Crippen LogP contribution in [0, 0.1) is 5.92 Å². The standard InChI is InChI=1S/C25H24N2O3/c1-29-15-20-23-19-12-18(30-14-16-6-3-2-4-7-16)10-11-21(19)27-22(23)13-26-24(20)25(28)17-8-5-9-17/h2-4,6-7,10-13,17,27H,5,8-9,14-15H2,1H3. The van der Waals surface area contributed by atoms with E-state index >= 15 is 0 Å². The lowest BCUT2D eigenvalue weighted by Crippen LogP contribution is -2.24. The van der Waals surface area contributed by atoms with Gasteiger partial charge in [-0.3, -0.25) is 9.78 Å². The van der Waals surface area contributed by atoms with E-state index in [1.165, 1.54) is 0 Å². The summed E-state index contributed by atoms with van der Waals surface area (Å²) in [4.78, 5) is 20.9. The van der Waals surface area contributed by atoms with Gasteiger partial charge in [-0.1, -0.05) is 36.8 Å². The maximum absolute atomic E-state index is 13.0. The second-order valence-corrected chi connectivity index (χ2v) is 7.91. The van der Waals surface area contributed by atoms with Crippen LogP contribution in [0.1, 0.15) is 40.9 Å². The van der Waals surface area contributed by atoms with E-state index in [0.717, 1.165) is 57.9 Å². The minimum Gasteiger partial charge on any atom is -0.489 e. The van der Waals surface area contributed by atoms with Crippen molar-refractivity contribution in [3.05, 3.63) is 71.5 Å². The molecule has 0 unspecified atom stereocenters. The molecule has 1 saturated carbocycles. The third-order valence-electron chi connectivity index (χ3n) is 5.96. The van der Waals surface area contributed by atoms with E-state index < -0.39 is 0 Å². The van der Waals surface area contributed by atoms with Crippen molar-refractivity contribution in [3.63, 3.8) is 0 Å². The minimum atomic E-state index is 0.0977. The first kappa shape index (κ1) is 18.8. The Kier molecular flexibility index (Phi) is 4.97. The zero-order chi connectivity index (χ0) is 20.5. The maximum Gasteiger partial charge on any atom is 0.184 e. The molecule has 0 radical (unpaired) electrons. The van der Waals surface area contributed by atoms with E-state index in [1.807, 2.05) is 48.5 Å². The number of pyridine rings is 1. The number of benzene rings is 2. The molecule has 1 aliphatic rings. The molecule has 4 aromatic rings. The number of carbonyl (C=O) groups is 1. The Morgan fingerprint density at radius 3 is 2.67 bits per heavy atom. The van der Waals surface area contributed by atoms with Crippen LogP contribution in [0.5, 0.6) is 5.75 Å². The van der Waals surface area contributed by atoms with Crippen LogP contribution in [0.4, 0.5) is 0 Å². The zero-order valence-corrected chi connectivity index (χ0v) is 17.0. The number of aromatic nitrogens is 2. The lowest BCUT2D eigenvalue weighted by Gasteiger charge is -2.24. The van der Waals surface area contributed by atoms with Crippen LogP contribution in [0.25, 0.3) is 21.8 Å². The van der Waals surface area contributed by atoms with Crippen molar-refractivity contribution in [2.45, 2.75) is 32.5 Å². The highest BCUT2D eigenvalue weighted by Crippen LogP contribution is 2.35.